The van der Waals surface area contributed by atoms with Crippen LogP contribution in [-0.4, -0.2) is 33.9 Å². The summed E-state index contributed by atoms with van der Waals surface area (Å²) < 4.78 is 1.20. The molecule has 2 N–H and O–H groups in total. The number of benzene rings is 2. The van der Waals surface area contributed by atoms with Crippen LogP contribution in [0.5, 0.6) is 0 Å². The van der Waals surface area contributed by atoms with Gasteiger partial charge in [-0.3, -0.25) is 4.79 Å². The van der Waals surface area contributed by atoms with Gasteiger partial charge in [0.15, 0.2) is 5.13 Å². The zero-order valence-electron chi connectivity index (χ0n) is 14.9. The molecule has 27 heavy (non-hydrogen) atoms. The van der Waals surface area contributed by atoms with Gasteiger partial charge in [-0.15, -0.1) is 0 Å². The maximum atomic E-state index is 12.4. The fraction of sp³-hybridized carbons (Fsp3) is 0.250. The molecule has 7 heteroatoms. The predicted octanol–water partition coefficient (Wildman–Crippen LogP) is 3.23. The molecular formula is C20H19N5OS. The van der Waals surface area contributed by atoms with Gasteiger partial charge in [-0.1, -0.05) is 29.5 Å². The van der Waals surface area contributed by atoms with Gasteiger partial charge in [0, 0.05) is 13.1 Å². The van der Waals surface area contributed by atoms with Gasteiger partial charge in [0.1, 0.15) is 5.82 Å². The Hall–Kier alpha value is -2.93. The van der Waals surface area contributed by atoms with Crippen molar-refractivity contribution in [2.24, 2.45) is 5.92 Å². The monoisotopic (exact) mass is 377 g/mol. The highest BCUT2D eigenvalue weighted by Crippen LogP contribution is 2.33. The van der Waals surface area contributed by atoms with Crippen LogP contribution >= 0.6 is 11.3 Å². The molecule has 1 amide bonds. The lowest BCUT2D eigenvalue weighted by molar-refractivity contribution is -0.125. The van der Waals surface area contributed by atoms with Crippen LogP contribution in [0.3, 0.4) is 0 Å². The summed E-state index contributed by atoms with van der Waals surface area (Å²) in [7, 11) is 0. The zero-order valence-corrected chi connectivity index (χ0v) is 15.7. The van der Waals surface area contributed by atoms with Gasteiger partial charge >= 0.3 is 0 Å². The number of nitrogens with one attached hydrogen (secondary N) is 2. The average Bonchev–Trinajstić information content (AvgIpc) is 3.21. The average molecular weight is 377 g/mol. The maximum absolute atomic E-state index is 12.4. The normalized spacial score (nSPS) is 14.6. The number of carbonyl (C=O) groups excluding carboxylic acids is 1. The van der Waals surface area contributed by atoms with Crippen LogP contribution in [0.15, 0.2) is 42.5 Å². The third-order valence-corrected chi connectivity index (χ3v) is 6.00. The first-order valence-electron chi connectivity index (χ1n) is 8.99. The van der Waals surface area contributed by atoms with Crippen molar-refractivity contribution in [3.63, 3.8) is 0 Å². The Morgan fingerprint density at radius 3 is 2.93 bits per heavy atom. The molecule has 2 aromatic heterocycles. The number of nitrogens with zero attached hydrogens (tertiary/aromatic N) is 3. The van der Waals surface area contributed by atoms with Crippen molar-refractivity contribution in [3.8, 4) is 0 Å². The molecule has 0 radical (unpaired) electrons. The number of carbonyl (C=O) groups is 1. The van der Waals surface area contributed by atoms with E-state index >= 15 is 0 Å². The number of rotatable bonds is 4. The number of aromatic nitrogens is 3. The molecule has 3 heterocycles. The number of fused-ring (bicyclic) bond motifs is 2. The lowest BCUT2D eigenvalue weighted by Crippen LogP contribution is -2.53. The van der Waals surface area contributed by atoms with E-state index in [0.717, 1.165) is 27.5 Å². The van der Waals surface area contributed by atoms with Crippen molar-refractivity contribution in [1.29, 1.82) is 0 Å². The molecule has 1 aliphatic rings. The molecule has 1 saturated heterocycles. The Balaban J connectivity index is 1.19. The van der Waals surface area contributed by atoms with Crippen molar-refractivity contribution < 1.29 is 4.79 Å². The number of aromatic amines is 1. The molecule has 5 rings (SSSR count). The van der Waals surface area contributed by atoms with Gasteiger partial charge in [0.05, 0.1) is 33.7 Å². The topological polar surface area (TPSA) is 73.9 Å². The van der Waals surface area contributed by atoms with Gasteiger partial charge in [0.25, 0.3) is 0 Å². The van der Waals surface area contributed by atoms with Crippen molar-refractivity contribution in [2.45, 2.75) is 13.5 Å². The Labute approximate surface area is 160 Å². The minimum atomic E-state index is 0.00290. The number of anilines is 1. The van der Waals surface area contributed by atoms with Crippen LogP contribution in [-0.2, 0) is 11.3 Å². The summed E-state index contributed by atoms with van der Waals surface area (Å²) in [6, 6.07) is 14.2. The van der Waals surface area contributed by atoms with Crippen molar-refractivity contribution in [2.75, 3.05) is 18.0 Å². The number of para-hydroxylation sites is 2. The highest BCUT2D eigenvalue weighted by atomic mass is 32.1. The molecule has 4 aromatic rings. The summed E-state index contributed by atoms with van der Waals surface area (Å²) in [5.41, 5.74) is 4.17. The molecule has 1 aliphatic heterocycles. The Kier molecular flexibility index (Phi) is 3.82. The van der Waals surface area contributed by atoms with E-state index < -0.39 is 0 Å². The van der Waals surface area contributed by atoms with Gasteiger partial charge in [-0.05, 0) is 36.8 Å². The first kappa shape index (κ1) is 16.3. The van der Waals surface area contributed by atoms with E-state index in [0.29, 0.717) is 19.6 Å². The summed E-state index contributed by atoms with van der Waals surface area (Å²) in [4.78, 5) is 27.0. The number of amides is 1. The van der Waals surface area contributed by atoms with Gasteiger partial charge in [-0.25, -0.2) is 9.97 Å². The quantitative estimate of drug-likeness (QED) is 0.573. The Morgan fingerprint density at radius 2 is 2.07 bits per heavy atom. The van der Waals surface area contributed by atoms with Crippen LogP contribution in [0.2, 0.25) is 0 Å². The Bertz CT molecular complexity index is 1110. The predicted molar refractivity (Wildman–Crippen MR) is 108 cm³/mol. The van der Waals surface area contributed by atoms with E-state index in [-0.39, 0.29) is 11.8 Å². The molecule has 0 unspecified atom stereocenters. The minimum Gasteiger partial charge on any atom is -0.349 e. The smallest absolute Gasteiger partial charge is 0.227 e. The third-order valence-electron chi connectivity index (χ3n) is 4.92. The molecule has 1 fully saturated rings. The maximum Gasteiger partial charge on any atom is 0.227 e. The first-order chi connectivity index (χ1) is 13.2. The fourth-order valence-electron chi connectivity index (χ4n) is 3.36. The number of H-pyrrole nitrogens is 1. The lowest BCUT2D eigenvalue weighted by atomic mass is 10.0. The number of aryl methyl sites for hydroxylation is 1. The van der Waals surface area contributed by atoms with Crippen LogP contribution < -0.4 is 10.2 Å². The SMILES string of the molecule is Cc1ccc2nc(N3CC(C(=O)NCc4nc5ccccc5[nH]4)C3)sc2c1. The molecule has 6 nitrogen and oxygen atoms in total. The van der Waals surface area contributed by atoms with E-state index in [4.69, 9.17) is 0 Å². The summed E-state index contributed by atoms with van der Waals surface area (Å²) >= 11 is 1.69. The molecule has 0 spiro atoms. The van der Waals surface area contributed by atoms with Crippen LogP contribution in [0, 0.1) is 12.8 Å². The van der Waals surface area contributed by atoms with E-state index in [2.05, 4.69) is 50.3 Å². The number of thiazole rings is 1. The number of hydrogen-bond donors (Lipinski definition) is 2. The standard InChI is InChI=1S/C20H19N5OS/c1-12-6-7-16-17(8-12)27-20(24-16)25-10-13(11-25)19(26)21-9-18-22-14-4-2-3-5-15(14)23-18/h2-8,13H,9-11H2,1H3,(H,21,26)(H,22,23). The van der Waals surface area contributed by atoms with Crippen LogP contribution in [0.4, 0.5) is 5.13 Å². The minimum absolute atomic E-state index is 0.00290. The molecule has 136 valence electrons. The van der Waals surface area contributed by atoms with E-state index in [1.807, 2.05) is 24.3 Å². The highest BCUT2D eigenvalue weighted by Gasteiger charge is 2.34. The van der Waals surface area contributed by atoms with E-state index in [1.165, 1.54) is 10.3 Å². The molecule has 0 atom stereocenters. The highest BCUT2D eigenvalue weighted by molar-refractivity contribution is 7.22. The molecular weight excluding hydrogens is 358 g/mol. The van der Waals surface area contributed by atoms with Crippen LogP contribution in [0.1, 0.15) is 11.4 Å². The molecule has 2 aromatic carbocycles. The summed E-state index contributed by atoms with van der Waals surface area (Å²) in [6.45, 7) is 3.94. The van der Waals surface area contributed by atoms with E-state index in [9.17, 15) is 4.79 Å². The van der Waals surface area contributed by atoms with Crippen LogP contribution in [0.25, 0.3) is 21.3 Å². The van der Waals surface area contributed by atoms with Gasteiger partial charge in [-0.2, -0.15) is 0 Å². The fourth-order valence-corrected chi connectivity index (χ4v) is 4.44. The lowest BCUT2D eigenvalue weighted by Gasteiger charge is -2.37. The summed E-state index contributed by atoms with van der Waals surface area (Å²) in [6.07, 6.45) is 0. The first-order valence-corrected chi connectivity index (χ1v) is 9.81. The van der Waals surface area contributed by atoms with Crippen molar-refractivity contribution in [1.82, 2.24) is 20.3 Å². The molecule has 0 bridgehead atoms. The Morgan fingerprint density at radius 1 is 1.22 bits per heavy atom. The molecule has 0 aliphatic carbocycles. The van der Waals surface area contributed by atoms with Gasteiger partial charge in [0.2, 0.25) is 5.91 Å². The summed E-state index contributed by atoms with van der Waals surface area (Å²) in [5, 5.41) is 3.99. The van der Waals surface area contributed by atoms with Crippen molar-refractivity contribution in [3.05, 3.63) is 53.9 Å². The number of imidazole rings is 1. The molecule has 0 saturated carbocycles. The third kappa shape index (κ3) is 3.04. The second-order valence-electron chi connectivity index (χ2n) is 6.99. The van der Waals surface area contributed by atoms with E-state index in [1.54, 1.807) is 11.3 Å². The van der Waals surface area contributed by atoms with Crippen molar-refractivity contribution >= 4 is 43.6 Å². The van der Waals surface area contributed by atoms with Gasteiger partial charge < -0.3 is 15.2 Å². The largest absolute Gasteiger partial charge is 0.349 e. The zero-order chi connectivity index (χ0) is 18.4. The second kappa shape index (κ2) is 6.35. The number of hydrogen-bond acceptors (Lipinski definition) is 5. The summed E-state index contributed by atoms with van der Waals surface area (Å²) in [5.74, 6) is 0.856. The second-order valence-corrected chi connectivity index (χ2v) is 8.00.